The van der Waals surface area contributed by atoms with Crippen molar-refractivity contribution in [2.24, 2.45) is 17.6 Å². The highest BCUT2D eigenvalue weighted by atomic mass is 16.1. The molecule has 3 N–H and O–H groups in total. The van der Waals surface area contributed by atoms with Crippen molar-refractivity contribution in [2.75, 3.05) is 6.54 Å². The third kappa shape index (κ3) is 6.06. The van der Waals surface area contributed by atoms with Crippen LogP contribution in [0.1, 0.15) is 58.8 Å². The maximum atomic E-state index is 11.6. The first-order chi connectivity index (χ1) is 8.11. The molecule has 3 atom stereocenters. The van der Waals surface area contributed by atoms with Gasteiger partial charge >= 0.3 is 0 Å². The second kappa shape index (κ2) is 7.70. The summed E-state index contributed by atoms with van der Waals surface area (Å²) in [5.74, 6) is 1.47. The number of hydrogen-bond donors (Lipinski definition) is 2. The average molecular weight is 240 g/mol. The minimum absolute atomic E-state index is 0.212. The monoisotopic (exact) mass is 240 g/mol. The van der Waals surface area contributed by atoms with Crippen molar-refractivity contribution in [3.05, 3.63) is 0 Å². The molecular formula is C14H28N2O. The van der Waals surface area contributed by atoms with Gasteiger partial charge in [-0.1, -0.05) is 33.1 Å². The second-order valence-corrected chi connectivity index (χ2v) is 5.65. The van der Waals surface area contributed by atoms with Crippen LogP contribution in [0.2, 0.25) is 0 Å². The van der Waals surface area contributed by atoms with Crippen LogP contribution in [0, 0.1) is 11.8 Å². The van der Waals surface area contributed by atoms with Crippen LogP contribution in [0.25, 0.3) is 0 Å². The number of amides is 1. The molecule has 3 unspecified atom stereocenters. The molecule has 1 aliphatic rings. The highest BCUT2D eigenvalue weighted by molar-refractivity contribution is 5.75. The lowest BCUT2D eigenvalue weighted by atomic mass is 9.83. The van der Waals surface area contributed by atoms with Crippen molar-refractivity contribution >= 4 is 5.91 Å². The summed E-state index contributed by atoms with van der Waals surface area (Å²) in [4.78, 5) is 11.6. The van der Waals surface area contributed by atoms with Gasteiger partial charge < -0.3 is 11.1 Å². The summed E-state index contributed by atoms with van der Waals surface area (Å²) in [6.45, 7) is 5.14. The molecule has 3 nitrogen and oxygen atoms in total. The van der Waals surface area contributed by atoms with E-state index in [2.05, 4.69) is 19.2 Å². The van der Waals surface area contributed by atoms with E-state index in [1.807, 2.05) is 0 Å². The van der Waals surface area contributed by atoms with Gasteiger partial charge in [0.2, 0.25) is 5.91 Å². The van der Waals surface area contributed by atoms with Gasteiger partial charge in [-0.25, -0.2) is 0 Å². The Hall–Kier alpha value is -0.570. The Morgan fingerprint density at radius 1 is 1.47 bits per heavy atom. The standard InChI is InChI=1S/C14H28N2O/c1-3-11(2)10-16-14(17)8-7-12-5-4-6-13(15)9-12/h11-13H,3-10,15H2,1-2H3,(H,16,17). The molecule has 1 fully saturated rings. The molecule has 0 bridgehead atoms. The van der Waals surface area contributed by atoms with Gasteiger partial charge in [-0.05, 0) is 31.1 Å². The van der Waals surface area contributed by atoms with E-state index in [9.17, 15) is 4.79 Å². The van der Waals surface area contributed by atoms with E-state index < -0.39 is 0 Å². The summed E-state index contributed by atoms with van der Waals surface area (Å²) >= 11 is 0. The van der Waals surface area contributed by atoms with Gasteiger partial charge in [0, 0.05) is 19.0 Å². The zero-order valence-corrected chi connectivity index (χ0v) is 11.4. The van der Waals surface area contributed by atoms with Crippen molar-refractivity contribution in [3.8, 4) is 0 Å². The van der Waals surface area contributed by atoms with Crippen molar-refractivity contribution in [3.63, 3.8) is 0 Å². The predicted octanol–water partition coefficient (Wildman–Crippen LogP) is 2.45. The fourth-order valence-electron chi connectivity index (χ4n) is 2.45. The molecule has 0 aromatic rings. The number of rotatable bonds is 6. The van der Waals surface area contributed by atoms with E-state index in [1.165, 1.54) is 12.8 Å². The minimum atomic E-state index is 0.212. The number of hydrogen-bond acceptors (Lipinski definition) is 2. The fourth-order valence-corrected chi connectivity index (χ4v) is 2.45. The van der Waals surface area contributed by atoms with Crippen molar-refractivity contribution in [1.82, 2.24) is 5.32 Å². The molecule has 1 rings (SSSR count). The highest BCUT2D eigenvalue weighted by Crippen LogP contribution is 2.26. The summed E-state index contributed by atoms with van der Waals surface area (Å²) in [7, 11) is 0. The van der Waals surface area contributed by atoms with E-state index in [1.54, 1.807) is 0 Å². The molecule has 0 heterocycles. The maximum Gasteiger partial charge on any atom is 0.220 e. The lowest BCUT2D eigenvalue weighted by molar-refractivity contribution is -0.121. The van der Waals surface area contributed by atoms with Gasteiger partial charge in [0.25, 0.3) is 0 Å². The largest absolute Gasteiger partial charge is 0.356 e. The fraction of sp³-hybridized carbons (Fsp3) is 0.929. The van der Waals surface area contributed by atoms with Crippen molar-refractivity contribution in [2.45, 2.75) is 64.8 Å². The number of carbonyl (C=O) groups is 1. The average Bonchev–Trinajstić information content (AvgIpc) is 2.33. The maximum absolute atomic E-state index is 11.6. The van der Waals surface area contributed by atoms with E-state index in [0.717, 1.165) is 32.2 Å². The molecule has 17 heavy (non-hydrogen) atoms. The molecule has 0 saturated heterocycles. The number of nitrogens with two attached hydrogens (primary N) is 1. The van der Waals surface area contributed by atoms with Gasteiger partial charge in [-0.15, -0.1) is 0 Å². The Bertz CT molecular complexity index is 230. The zero-order chi connectivity index (χ0) is 12.7. The normalized spacial score (nSPS) is 26.5. The molecule has 0 aromatic heterocycles. The van der Waals surface area contributed by atoms with Gasteiger partial charge in [-0.2, -0.15) is 0 Å². The lowest BCUT2D eigenvalue weighted by Gasteiger charge is -2.26. The molecule has 0 aliphatic heterocycles. The topological polar surface area (TPSA) is 55.1 Å². The minimum Gasteiger partial charge on any atom is -0.356 e. The SMILES string of the molecule is CCC(C)CNC(=O)CCC1CCCC(N)C1. The Kier molecular flexibility index (Phi) is 6.56. The Morgan fingerprint density at radius 3 is 2.88 bits per heavy atom. The second-order valence-electron chi connectivity index (χ2n) is 5.65. The van der Waals surface area contributed by atoms with Crippen molar-refractivity contribution < 1.29 is 4.79 Å². The lowest BCUT2D eigenvalue weighted by Crippen LogP contribution is -2.30. The van der Waals surface area contributed by atoms with Crippen LogP contribution in [0.5, 0.6) is 0 Å². The van der Waals surface area contributed by atoms with Crippen LogP contribution in [0.3, 0.4) is 0 Å². The quantitative estimate of drug-likeness (QED) is 0.749. The van der Waals surface area contributed by atoms with Gasteiger partial charge in [0.1, 0.15) is 0 Å². The van der Waals surface area contributed by atoms with E-state index in [4.69, 9.17) is 5.73 Å². The predicted molar refractivity (Wildman–Crippen MR) is 71.6 cm³/mol. The van der Waals surface area contributed by atoms with Crippen LogP contribution in [0.4, 0.5) is 0 Å². The van der Waals surface area contributed by atoms with Crippen LogP contribution < -0.4 is 11.1 Å². The van der Waals surface area contributed by atoms with Crippen LogP contribution in [0.15, 0.2) is 0 Å². The third-order valence-electron chi connectivity index (χ3n) is 3.95. The summed E-state index contributed by atoms with van der Waals surface area (Å²) in [5.41, 5.74) is 5.95. The Balaban J connectivity index is 2.10. The van der Waals surface area contributed by atoms with E-state index >= 15 is 0 Å². The molecule has 0 radical (unpaired) electrons. The first-order valence-electron chi connectivity index (χ1n) is 7.14. The number of carbonyl (C=O) groups excluding carboxylic acids is 1. The molecule has 0 spiro atoms. The van der Waals surface area contributed by atoms with Crippen molar-refractivity contribution in [1.29, 1.82) is 0 Å². The zero-order valence-electron chi connectivity index (χ0n) is 11.4. The summed E-state index contributed by atoms with van der Waals surface area (Å²) in [6, 6.07) is 0.372. The first kappa shape index (κ1) is 14.5. The Labute approximate surface area is 106 Å². The number of nitrogens with one attached hydrogen (secondary N) is 1. The van der Waals surface area contributed by atoms with E-state index in [0.29, 0.717) is 24.3 Å². The molecule has 1 amide bonds. The Morgan fingerprint density at radius 2 is 2.24 bits per heavy atom. The molecule has 1 aliphatic carbocycles. The molecule has 3 heteroatoms. The molecule has 100 valence electrons. The summed E-state index contributed by atoms with van der Waals surface area (Å²) in [5, 5.41) is 3.01. The van der Waals surface area contributed by atoms with Gasteiger partial charge in [0.15, 0.2) is 0 Å². The van der Waals surface area contributed by atoms with Crippen LogP contribution >= 0.6 is 0 Å². The third-order valence-corrected chi connectivity index (χ3v) is 3.95. The summed E-state index contributed by atoms with van der Waals surface area (Å²) in [6.07, 6.45) is 7.58. The smallest absolute Gasteiger partial charge is 0.220 e. The highest BCUT2D eigenvalue weighted by Gasteiger charge is 2.19. The van der Waals surface area contributed by atoms with E-state index in [-0.39, 0.29) is 5.91 Å². The summed E-state index contributed by atoms with van der Waals surface area (Å²) < 4.78 is 0. The van der Waals surface area contributed by atoms with Crippen LogP contribution in [-0.4, -0.2) is 18.5 Å². The molecule has 0 aromatic carbocycles. The van der Waals surface area contributed by atoms with Gasteiger partial charge in [-0.3, -0.25) is 4.79 Å². The van der Waals surface area contributed by atoms with Gasteiger partial charge in [0.05, 0.1) is 0 Å². The molecule has 1 saturated carbocycles. The molecular weight excluding hydrogens is 212 g/mol. The first-order valence-corrected chi connectivity index (χ1v) is 7.14. The van der Waals surface area contributed by atoms with Crippen LogP contribution in [-0.2, 0) is 4.79 Å².